The SMILES string of the molecule is COc1cccc(C(=O)N[C@@H](C)C(=O)OCC(C)C)c1. The third kappa shape index (κ3) is 4.91. The molecule has 1 amide bonds. The van der Waals surface area contributed by atoms with Gasteiger partial charge in [-0.05, 0) is 31.0 Å². The number of nitrogens with one attached hydrogen (secondary N) is 1. The molecule has 0 unspecified atom stereocenters. The highest BCUT2D eigenvalue weighted by Gasteiger charge is 2.18. The largest absolute Gasteiger partial charge is 0.497 e. The minimum atomic E-state index is -0.688. The van der Waals surface area contributed by atoms with Crippen LogP contribution in [-0.4, -0.2) is 31.6 Å². The van der Waals surface area contributed by atoms with Gasteiger partial charge in [-0.25, -0.2) is 4.79 Å². The second-order valence-corrected chi connectivity index (χ2v) is 4.95. The van der Waals surface area contributed by atoms with E-state index >= 15 is 0 Å². The summed E-state index contributed by atoms with van der Waals surface area (Å²) in [5.41, 5.74) is 0.438. The van der Waals surface area contributed by atoms with Crippen LogP contribution in [0.4, 0.5) is 0 Å². The fourth-order valence-corrected chi connectivity index (χ4v) is 1.48. The lowest BCUT2D eigenvalue weighted by Gasteiger charge is -2.14. The Morgan fingerprint density at radius 2 is 1.95 bits per heavy atom. The lowest BCUT2D eigenvalue weighted by Crippen LogP contribution is -2.39. The maximum absolute atomic E-state index is 12.0. The first-order valence-electron chi connectivity index (χ1n) is 6.55. The molecule has 1 aromatic rings. The van der Waals surface area contributed by atoms with E-state index in [4.69, 9.17) is 9.47 Å². The van der Waals surface area contributed by atoms with Gasteiger partial charge in [-0.2, -0.15) is 0 Å². The number of hydrogen-bond acceptors (Lipinski definition) is 4. The maximum atomic E-state index is 12.0. The Balaban J connectivity index is 2.58. The molecule has 0 aliphatic heterocycles. The molecule has 0 aliphatic rings. The second-order valence-electron chi connectivity index (χ2n) is 4.95. The first-order chi connectivity index (χ1) is 9.43. The Bertz CT molecular complexity index is 471. The highest BCUT2D eigenvalue weighted by molar-refractivity contribution is 5.97. The van der Waals surface area contributed by atoms with E-state index in [0.29, 0.717) is 17.9 Å². The first kappa shape index (κ1) is 16.0. The molecule has 0 spiro atoms. The van der Waals surface area contributed by atoms with Gasteiger partial charge >= 0.3 is 5.97 Å². The van der Waals surface area contributed by atoms with Crippen molar-refractivity contribution < 1.29 is 19.1 Å². The predicted molar refractivity (Wildman–Crippen MR) is 75.7 cm³/mol. The fraction of sp³-hybridized carbons (Fsp3) is 0.467. The van der Waals surface area contributed by atoms with Crippen LogP contribution in [0.1, 0.15) is 31.1 Å². The summed E-state index contributed by atoms with van der Waals surface area (Å²) in [5, 5.41) is 2.60. The predicted octanol–water partition coefficient (Wildman–Crippen LogP) is 2.01. The van der Waals surface area contributed by atoms with Crippen LogP contribution in [0, 0.1) is 5.92 Å². The molecule has 0 aromatic heterocycles. The highest BCUT2D eigenvalue weighted by Crippen LogP contribution is 2.12. The number of hydrogen-bond donors (Lipinski definition) is 1. The Hall–Kier alpha value is -2.04. The molecule has 0 aliphatic carbocycles. The maximum Gasteiger partial charge on any atom is 0.328 e. The summed E-state index contributed by atoms with van der Waals surface area (Å²) in [6.45, 7) is 5.85. The number of carbonyl (C=O) groups is 2. The van der Waals surface area contributed by atoms with Gasteiger partial charge in [0.1, 0.15) is 11.8 Å². The third-order valence-corrected chi connectivity index (χ3v) is 2.59. The Morgan fingerprint density at radius 3 is 2.55 bits per heavy atom. The lowest BCUT2D eigenvalue weighted by molar-refractivity contribution is -0.146. The smallest absolute Gasteiger partial charge is 0.328 e. The van der Waals surface area contributed by atoms with E-state index in [2.05, 4.69) is 5.32 Å². The van der Waals surface area contributed by atoms with Crippen LogP contribution in [0.15, 0.2) is 24.3 Å². The van der Waals surface area contributed by atoms with E-state index in [1.807, 2.05) is 13.8 Å². The molecule has 0 bridgehead atoms. The molecule has 1 N–H and O–H groups in total. The molecule has 1 atom stereocenters. The van der Waals surface area contributed by atoms with Gasteiger partial charge in [0, 0.05) is 5.56 Å². The van der Waals surface area contributed by atoms with Crippen molar-refractivity contribution in [2.45, 2.75) is 26.8 Å². The minimum absolute atomic E-state index is 0.264. The van der Waals surface area contributed by atoms with Gasteiger partial charge in [0.15, 0.2) is 0 Å². The number of amides is 1. The average Bonchev–Trinajstić information content (AvgIpc) is 2.44. The molecule has 0 fully saturated rings. The van der Waals surface area contributed by atoms with Crippen molar-refractivity contribution in [3.8, 4) is 5.75 Å². The van der Waals surface area contributed by atoms with Gasteiger partial charge in [-0.15, -0.1) is 0 Å². The summed E-state index contributed by atoms with van der Waals surface area (Å²) in [6, 6.07) is 6.05. The molecular formula is C15H21NO4. The Kier molecular flexibility index (Phi) is 6.03. The summed E-state index contributed by atoms with van der Waals surface area (Å²) in [6.07, 6.45) is 0. The van der Waals surface area contributed by atoms with E-state index in [-0.39, 0.29) is 11.8 Å². The number of carbonyl (C=O) groups excluding carboxylic acids is 2. The summed E-state index contributed by atoms with van der Waals surface area (Å²) >= 11 is 0. The van der Waals surface area contributed by atoms with Gasteiger partial charge in [0.2, 0.25) is 0 Å². The molecule has 5 heteroatoms. The van der Waals surface area contributed by atoms with E-state index in [9.17, 15) is 9.59 Å². The van der Waals surface area contributed by atoms with Crippen molar-refractivity contribution in [1.29, 1.82) is 0 Å². The molecule has 0 saturated carbocycles. The molecule has 0 saturated heterocycles. The van der Waals surface area contributed by atoms with Crippen molar-refractivity contribution >= 4 is 11.9 Å². The first-order valence-corrected chi connectivity index (χ1v) is 6.55. The van der Waals surface area contributed by atoms with Gasteiger partial charge in [0.25, 0.3) is 5.91 Å². The van der Waals surface area contributed by atoms with Crippen molar-refractivity contribution in [2.75, 3.05) is 13.7 Å². The van der Waals surface area contributed by atoms with Crippen LogP contribution in [-0.2, 0) is 9.53 Å². The van der Waals surface area contributed by atoms with Crippen LogP contribution in [0.25, 0.3) is 0 Å². The van der Waals surface area contributed by atoms with E-state index in [0.717, 1.165) is 0 Å². The summed E-state index contributed by atoms with van der Waals surface area (Å²) in [7, 11) is 1.53. The summed E-state index contributed by atoms with van der Waals surface area (Å²) in [5.74, 6) is 0.0840. The molecule has 0 radical (unpaired) electrons. The van der Waals surface area contributed by atoms with Crippen molar-refractivity contribution in [1.82, 2.24) is 5.32 Å². The lowest BCUT2D eigenvalue weighted by atomic mass is 10.2. The van der Waals surface area contributed by atoms with Crippen molar-refractivity contribution in [3.63, 3.8) is 0 Å². The van der Waals surface area contributed by atoms with E-state index < -0.39 is 12.0 Å². The summed E-state index contributed by atoms with van der Waals surface area (Å²) in [4.78, 5) is 23.7. The van der Waals surface area contributed by atoms with Crippen LogP contribution in [0.5, 0.6) is 5.75 Å². The average molecular weight is 279 g/mol. The Labute approximate surface area is 119 Å². The molecule has 5 nitrogen and oxygen atoms in total. The molecule has 1 aromatic carbocycles. The normalized spacial score (nSPS) is 11.8. The van der Waals surface area contributed by atoms with Crippen LogP contribution in [0.2, 0.25) is 0 Å². The van der Waals surface area contributed by atoms with Crippen molar-refractivity contribution in [2.24, 2.45) is 5.92 Å². The Morgan fingerprint density at radius 1 is 1.25 bits per heavy atom. The van der Waals surface area contributed by atoms with Gasteiger partial charge in [0.05, 0.1) is 13.7 Å². The zero-order valence-corrected chi connectivity index (χ0v) is 12.3. The van der Waals surface area contributed by atoms with Crippen LogP contribution in [0.3, 0.4) is 0 Å². The number of ether oxygens (including phenoxy) is 2. The monoisotopic (exact) mass is 279 g/mol. The van der Waals surface area contributed by atoms with Gasteiger partial charge < -0.3 is 14.8 Å². The molecule has 20 heavy (non-hydrogen) atoms. The van der Waals surface area contributed by atoms with Crippen molar-refractivity contribution in [3.05, 3.63) is 29.8 Å². The van der Waals surface area contributed by atoms with Gasteiger partial charge in [-0.1, -0.05) is 19.9 Å². The standard InChI is InChI=1S/C15H21NO4/c1-10(2)9-20-15(18)11(3)16-14(17)12-6-5-7-13(8-12)19-4/h5-8,10-11H,9H2,1-4H3,(H,16,17)/t11-/m0/s1. The second kappa shape index (κ2) is 7.53. The molecule has 0 heterocycles. The van der Waals surface area contributed by atoms with Crippen LogP contribution >= 0.6 is 0 Å². The number of benzene rings is 1. The topological polar surface area (TPSA) is 64.6 Å². The quantitative estimate of drug-likeness (QED) is 0.809. The third-order valence-electron chi connectivity index (χ3n) is 2.59. The fourth-order valence-electron chi connectivity index (χ4n) is 1.48. The van der Waals surface area contributed by atoms with Crippen LogP contribution < -0.4 is 10.1 Å². The number of methoxy groups -OCH3 is 1. The van der Waals surface area contributed by atoms with E-state index in [1.165, 1.54) is 7.11 Å². The molecule has 110 valence electrons. The molecule has 1 rings (SSSR count). The zero-order chi connectivity index (χ0) is 15.1. The number of esters is 1. The zero-order valence-electron chi connectivity index (χ0n) is 12.3. The minimum Gasteiger partial charge on any atom is -0.497 e. The van der Waals surface area contributed by atoms with E-state index in [1.54, 1.807) is 31.2 Å². The molecular weight excluding hydrogens is 258 g/mol. The van der Waals surface area contributed by atoms with Gasteiger partial charge in [-0.3, -0.25) is 4.79 Å². The summed E-state index contributed by atoms with van der Waals surface area (Å²) < 4.78 is 10.1. The number of rotatable bonds is 6. The highest BCUT2D eigenvalue weighted by atomic mass is 16.5.